The van der Waals surface area contributed by atoms with Gasteiger partial charge in [-0.05, 0) is 18.8 Å². The molecule has 0 aliphatic heterocycles. The van der Waals surface area contributed by atoms with Gasteiger partial charge in [0.05, 0.1) is 12.5 Å². The van der Waals surface area contributed by atoms with Crippen LogP contribution in [-0.4, -0.2) is 12.6 Å². The fourth-order valence-corrected chi connectivity index (χ4v) is 3.56. The van der Waals surface area contributed by atoms with Crippen LogP contribution in [-0.2, 0) is 9.53 Å². The van der Waals surface area contributed by atoms with E-state index in [1.54, 1.807) is 0 Å². The molecule has 0 aromatic heterocycles. The number of esters is 1. The van der Waals surface area contributed by atoms with E-state index >= 15 is 0 Å². The van der Waals surface area contributed by atoms with Crippen LogP contribution in [0.25, 0.3) is 0 Å². The van der Waals surface area contributed by atoms with Gasteiger partial charge in [-0.15, -0.1) is 0 Å². The van der Waals surface area contributed by atoms with Gasteiger partial charge < -0.3 is 4.74 Å². The monoisotopic (exact) mass is 382 g/mol. The highest BCUT2D eigenvalue weighted by atomic mass is 16.5. The Bertz CT molecular complexity index is 311. The maximum atomic E-state index is 11.9. The summed E-state index contributed by atoms with van der Waals surface area (Å²) in [5, 5.41) is 0. The third-order valence-corrected chi connectivity index (χ3v) is 5.56. The molecule has 0 radical (unpaired) electrons. The van der Waals surface area contributed by atoms with Gasteiger partial charge in [0.25, 0.3) is 0 Å². The molecule has 0 N–H and O–H groups in total. The quantitative estimate of drug-likeness (QED) is 0.156. The normalized spacial score (nSPS) is 12.5. The Morgan fingerprint density at radius 1 is 0.630 bits per heavy atom. The molecule has 0 aliphatic rings. The average molecular weight is 383 g/mol. The van der Waals surface area contributed by atoms with Crippen LogP contribution in [0.4, 0.5) is 0 Å². The lowest BCUT2D eigenvalue weighted by Gasteiger charge is -2.12. The van der Waals surface area contributed by atoms with Crippen LogP contribution < -0.4 is 0 Å². The van der Waals surface area contributed by atoms with Crippen molar-refractivity contribution >= 4 is 5.97 Å². The largest absolute Gasteiger partial charge is 0.465 e. The van der Waals surface area contributed by atoms with E-state index in [1.165, 1.54) is 89.9 Å². The van der Waals surface area contributed by atoms with Crippen LogP contribution in [0.15, 0.2) is 0 Å². The van der Waals surface area contributed by atoms with E-state index in [4.69, 9.17) is 4.74 Å². The molecule has 2 heteroatoms. The van der Waals surface area contributed by atoms with Crippen molar-refractivity contribution in [3.05, 3.63) is 0 Å². The average Bonchev–Trinajstić information content (AvgIpc) is 2.64. The Hall–Kier alpha value is -0.530. The third-order valence-electron chi connectivity index (χ3n) is 5.56. The zero-order valence-corrected chi connectivity index (χ0v) is 19.2. The predicted molar refractivity (Wildman–Crippen MR) is 119 cm³/mol. The lowest BCUT2D eigenvalue weighted by atomic mass is 10.00. The maximum Gasteiger partial charge on any atom is 0.308 e. The molecule has 0 spiro atoms. The Morgan fingerprint density at radius 3 is 1.52 bits per heavy atom. The molecule has 162 valence electrons. The molecule has 2 nitrogen and oxygen atoms in total. The molecular formula is C25H50O2. The zero-order valence-electron chi connectivity index (χ0n) is 19.2. The highest BCUT2D eigenvalue weighted by Crippen LogP contribution is 2.15. The first-order chi connectivity index (χ1) is 13.1. The smallest absolute Gasteiger partial charge is 0.308 e. The van der Waals surface area contributed by atoms with E-state index in [2.05, 4.69) is 20.8 Å². The third kappa shape index (κ3) is 20.0. The summed E-state index contributed by atoms with van der Waals surface area (Å²) in [5.74, 6) is 0.799. The van der Waals surface area contributed by atoms with E-state index < -0.39 is 0 Å². The minimum Gasteiger partial charge on any atom is -0.465 e. The van der Waals surface area contributed by atoms with Gasteiger partial charge in [0, 0.05) is 0 Å². The number of rotatable bonds is 20. The second kappa shape index (κ2) is 20.2. The zero-order chi connectivity index (χ0) is 20.2. The second-order valence-electron chi connectivity index (χ2n) is 8.99. The molecule has 0 saturated carbocycles. The summed E-state index contributed by atoms with van der Waals surface area (Å²) in [7, 11) is 0. The van der Waals surface area contributed by atoms with Crippen LogP contribution in [0.2, 0.25) is 0 Å². The summed E-state index contributed by atoms with van der Waals surface area (Å²) in [6.45, 7) is 9.37. The van der Waals surface area contributed by atoms with Crippen molar-refractivity contribution in [2.24, 2.45) is 11.8 Å². The Balaban J connectivity index is 3.25. The standard InChI is InChI=1S/C25H50O2/c1-5-6-7-8-9-10-11-12-13-14-15-16-17-18-22-27-25(26)24(4)21-19-20-23(2)3/h23-24H,5-22H2,1-4H3/t24-/m0/s1. The Labute approximate surface area is 171 Å². The molecule has 1 atom stereocenters. The van der Waals surface area contributed by atoms with Crippen molar-refractivity contribution in [3.63, 3.8) is 0 Å². The molecule has 0 saturated heterocycles. The molecule has 0 amide bonds. The fraction of sp³-hybridized carbons (Fsp3) is 0.960. The molecule has 0 bridgehead atoms. The first-order valence-electron chi connectivity index (χ1n) is 12.2. The summed E-state index contributed by atoms with van der Waals surface area (Å²) in [6.07, 6.45) is 22.3. The van der Waals surface area contributed by atoms with Gasteiger partial charge >= 0.3 is 5.97 Å². The number of hydrogen-bond donors (Lipinski definition) is 0. The summed E-state index contributed by atoms with van der Waals surface area (Å²) in [5.41, 5.74) is 0. The summed E-state index contributed by atoms with van der Waals surface area (Å²) in [4.78, 5) is 11.9. The number of unbranched alkanes of at least 4 members (excludes halogenated alkanes) is 13. The molecule has 0 unspecified atom stereocenters. The van der Waals surface area contributed by atoms with Gasteiger partial charge in [0.1, 0.15) is 0 Å². The molecule has 0 aromatic carbocycles. The van der Waals surface area contributed by atoms with Gasteiger partial charge in [0.15, 0.2) is 0 Å². The minimum absolute atomic E-state index is 0.00782. The SMILES string of the molecule is CCCCCCCCCCCCCCCCOC(=O)[C@@H](C)CCCC(C)C. The highest BCUT2D eigenvalue weighted by Gasteiger charge is 2.13. The van der Waals surface area contributed by atoms with Crippen molar-refractivity contribution in [2.45, 2.75) is 137 Å². The number of carbonyl (C=O) groups excluding carboxylic acids is 1. The molecule has 0 fully saturated rings. The van der Waals surface area contributed by atoms with E-state index in [0.29, 0.717) is 6.61 Å². The van der Waals surface area contributed by atoms with Crippen molar-refractivity contribution in [3.8, 4) is 0 Å². The summed E-state index contributed by atoms with van der Waals surface area (Å²) >= 11 is 0. The van der Waals surface area contributed by atoms with Crippen LogP contribution in [0.3, 0.4) is 0 Å². The molecule has 0 rings (SSSR count). The number of hydrogen-bond acceptors (Lipinski definition) is 2. The van der Waals surface area contributed by atoms with Crippen LogP contribution in [0, 0.1) is 11.8 Å². The Kier molecular flexibility index (Phi) is 19.8. The molecule has 27 heavy (non-hydrogen) atoms. The van der Waals surface area contributed by atoms with E-state index in [9.17, 15) is 4.79 Å². The molecular weight excluding hydrogens is 332 g/mol. The van der Waals surface area contributed by atoms with Crippen molar-refractivity contribution in [1.82, 2.24) is 0 Å². The molecule has 0 aliphatic carbocycles. The minimum atomic E-state index is 0.00782. The summed E-state index contributed by atoms with van der Waals surface area (Å²) < 4.78 is 5.43. The summed E-state index contributed by atoms with van der Waals surface area (Å²) in [6, 6.07) is 0. The van der Waals surface area contributed by atoms with Crippen molar-refractivity contribution in [2.75, 3.05) is 6.61 Å². The van der Waals surface area contributed by atoms with Gasteiger partial charge in [-0.2, -0.15) is 0 Å². The van der Waals surface area contributed by atoms with Gasteiger partial charge in [-0.3, -0.25) is 4.79 Å². The first-order valence-corrected chi connectivity index (χ1v) is 12.2. The van der Waals surface area contributed by atoms with Crippen LogP contribution in [0.1, 0.15) is 137 Å². The lowest BCUT2D eigenvalue weighted by molar-refractivity contribution is -0.148. The molecule has 0 heterocycles. The van der Waals surface area contributed by atoms with Crippen LogP contribution in [0.5, 0.6) is 0 Å². The number of ether oxygens (including phenoxy) is 1. The van der Waals surface area contributed by atoms with Crippen LogP contribution >= 0.6 is 0 Å². The Morgan fingerprint density at radius 2 is 1.07 bits per heavy atom. The van der Waals surface area contributed by atoms with Gasteiger partial charge in [-0.25, -0.2) is 0 Å². The fourth-order valence-electron chi connectivity index (χ4n) is 3.56. The van der Waals surface area contributed by atoms with Crippen molar-refractivity contribution in [1.29, 1.82) is 0 Å². The maximum absolute atomic E-state index is 11.9. The van der Waals surface area contributed by atoms with Crippen molar-refractivity contribution < 1.29 is 9.53 Å². The highest BCUT2D eigenvalue weighted by molar-refractivity contribution is 5.71. The van der Waals surface area contributed by atoms with E-state index in [1.807, 2.05) is 6.92 Å². The topological polar surface area (TPSA) is 26.3 Å². The number of carbonyl (C=O) groups is 1. The second-order valence-corrected chi connectivity index (χ2v) is 8.99. The lowest BCUT2D eigenvalue weighted by Crippen LogP contribution is -2.15. The van der Waals surface area contributed by atoms with E-state index in [-0.39, 0.29) is 11.9 Å². The van der Waals surface area contributed by atoms with Gasteiger partial charge in [-0.1, -0.05) is 124 Å². The van der Waals surface area contributed by atoms with Gasteiger partial charge in [0.2, 0.25) is 0 Å². The first kappa shape index (κ1) is 26.5. The van der Waals surface area contributed by atoms with E-state index in [0.717, 1.165) is 25.2 Å². The molecule has 0 aromatic rings. The predicted octanol–water partition coefficient (Wildman–Crippen LogP) is 8.47.